The molecule has 2 N–H and O–H groups in total. The molecule has 10 nitrogen and oxygen atoms in total. The number of nitrogens with zero attached hydrogens (tertiary/aromatic N) is 4. The summed E-state index contributed by atoms with van der Waals surface area (Å²) in [4.78, 5) is 35.9. The second-order valence-electron chi connectivity index (χ2n) is 7.91. The minimum atomic E-state index is -0.558. The zero-order valence-electron chi connectivity index (χ0n) is 18.3. The maximum Gasteiger partial charge on any atom is 0.269 e. The molecular weight excluding hydrogens is 476 g/mol. The van der Waals surface area contributed by atoms with Gasteiger partial charge in [0, 0.05) is 35.0 Å². The highest BCUT2D eigenvalue weighted by Gasteiger charge is 2.24. The van der Waals surface area contributed by atoms with Crippen molar-refractivity contribution >= 4 is 40.6 Å². The Morgan fingerprint density at radius 1 is 1.12 bits per heavy atom. The normalized spacial score (nSPS) is 14.0. The van der Waals surface area contributed by atoms with E-state index in [4.69, 9.17) is 0 Å². The van der Waals surface area contributed by atoms with Crippen LogP contribution in [-0.4, -0.2) is 37.3 Å². The molecule has 1 saturated carbocycles. The number of carbonyl (C=O) groups excluding carboxylic acids is 2. The van der Waals surface area contributed by atoms with E-state index in [2.05, 4.69) is 31.7 Å². The van der Waals surface area contributed by atoms with Crippen molar-refractivity contribution < 1.29 is 14.5 Å². The van der Waals surface area contributed by atoms with E-state index in [-0.39, 0.29) is 17.0 Å². The zero-order chi connectivity index (χ0) is 23.9. The zero-order valence-corrected chi connectivity index (χ0v) is 19.9. The molecule has 2 aromatic heterocycles. The first kappa shape index (κ1) is 23.9. The Labute approximate surface area is 204 Å². The number of nitrogens with one attached hydrogen (secondary N) is 2. The van der Waals surface area contributed by atoms with Crippen LogP contribution < -0.4 is 10.9 Å². The molecule has 0 radical (unpaired) electrons. The van der Waals surface area contributed by atoms with Crippen LogP contribution in [0, 0.1) is 10.1 Å². The van der Waals surface area contributed by atoms with Crippen molar-refractivity contribution in [3.05, 3.63) is 68.2 Å². The van der Waals surface area contributed by atoms with Crippen LogP contribution in [0.3, 0.4) is 0 Å². The van der Waals surface area contributed by atoms with Crippen LogP contribution in [0.5, 0.6) is 0 Å². The van der Waals surface area contributed by atoms with E-state index in [1.165, 1.54) is 60.2 Å². The number of hydrogen-bond acceptors (Lipinski definition) is 8. The molecule has 1 fully saturated rings. The van der Waals surface area contributed by atoms with Gasteiger partial charge in [-0.15, -0.1) is 21.5 Å². The molecule has 0 spiro atoms. The maximum atomic E-state index is 12.4. The summed E-state index contributed by atoms with van der Waals surface area (Å²) in [5.41, 5.74) is 4.80. The van der Waals surface area contributed by atoms with Gasteiger partial charge in [0.05, 0.1) is 10.7 Å². The molecular formula is C22H24N6O4S2. The quantitative estimate of drug-likeness (QED) is 0.272. The van der Waals surface area contributed by atoms with Crippen LogP contribution in [0.25, 0.3) is 0 Å². The SMILES string of the molecule is O=C(CSc1nnc(Cc2cccs2)n1C1CCCCC1)NNC(=O)c1ccc([N+](=O)[O-])cc1. The first-order valence-corrected chi connectivity index (χ1v) is 12.8. The molecule has 178 valence electrons. The maximum absolute atomic E-state index is 12.4. The first-order chi connectivity index (χ1) is 16.5. The van der Waals surface area contributed by atoms with Crippen molar-refractivity contribution in [1.29, 1.82) is 0 Å². The Hall–Kier alpha value is -3.25. The van der Waals surface area contributed by atoms with Crippen molar-refractivity contribution in [2.24, 2.45) is 0 Å². The third-order valence-corrected chi connectivity index (χ3v) is 7.40. The van der Waals surface area contributed by atoms with Gasteiger partial charge in [-0.25, -0.2) is 0 Å². The summed E-state index contributed by atoms with van der Waals surface area (Å²) in [6.45, 7) is 0. The number of nitro benzene ring substituents is 1. The van der Waals surface area contributed by atoms with E-state index < -0.39 is 16.7 Å². The summed E-state index contributed by atoms with van der Waals surface area (Å²) in [5.74, 6) is 0.0172. The number of thiophene rings is 1. The van der Waals surface area contributed by atoms with Crippen molar-refractivity contribution in [2.75, 3.05) is 5.75 Å². The molecule has 1 aliphatic carbocycles. The number of thioether (sulfide) groups is 1. The fourth-order valence-electron chi connectivity index (χ4n) is 3.90. The Morgan fingerprint density at radius 3 is 2.56 bits per heavy atom. The fraction of sp³-hybridized carbons (Fsp3) is 0.364. The summed E-state index contributed by atoms with van der Waals surface area (Å²) in [6, 6.07) is 9.56. The molecule has 12 heteroatoms. The predicted octanol–water partition coefficient (Wildman–Crippen LogP) is 3.90. The van der Waals surface area contributed by atoms with Gasteiger partial charge < -0.3 is 4.57 Å². The Balaban J connectivity index is 1.35. The number of non-ortho nitro benzene ring substituents is 1. The van der Waals surface area contributed by atoms with Gasteiger partial charge >= 0.3 is 0 Å². The highest BCUT2D eigenvalue weighted by molar-refractivity contribution is 7.99. The summed E-state index contributed by atoms with van der Waals surface area (Å²) < 4.78 is 2.19. The monoisotopic (exact) mass is 500 g/mol. The van der Waals surface area contributed by atoms with Gasteiger partial charge in [0.15, 0.2) is 5.16 Å². The minimum absolute atomic E-state index is 0.0599. The second kappa shape index (κ2) is 11.3. The van der Waals surface area contributed by atoms with E-state index in [0.717, 1.165) is 18.7 Å². The van der Waals surface area contributed by atoms with Crippen LogP contribution in [0.15, 0.2) is 46.9 Å². The van der Waals surface area contributed by atoms with Gasteiger partial charge in [-0.2, -0.15) is 0 Å². The van der Waals surface area contributed by atoms with Gasteiger partial charge in [0.1, 0.15) is 5.82 Å². The number of hydrogen-bond donors (Lipinski definition) is 2. The van der Waals surface area contributed by atoms with Crippen LogP contribution in [0.4, 0.5) is 5.69 Å². The average molecular weight is 501 g/mol. The van der Waals surface area contributed by atoms with E-state index in [1.807, 2.05) is 11.4 Å². The second-order valence-corrected chi connectivity index (χ2v) is 9.89. The predicted molar refractivity (Wildman–Crippen MR) is 129 cm³/mol. The van der Waals surface area contributed by atoms with Crippen LogP contribution in [0.1, 0.15) is 59.2 Å². The Morgan fingerprint density at radius 2 is 1.88 bits per heavy atom. The number of benzene rings is 1. The Kier molecular flexibility index (Phi) is 7.91. The van der Waals surface area contributed by atoms with Crippen molar-refractivity contribution in [2.45, 2.75) is 49.7 Å². The molecule has 3 aromatic rings. The molecule has 0 saturated heterocycles. The smallest absolute Gasteiger partial charge is 0.269 e. The van der Waals surface area contributed by atoms with Gasteiger partial charge in [-0.3, -0.25) is 30.6 Å². The lowest BCUT2D eigenvalue weighted by atomic mass is 9.95. The standard InChI is InChI=1S/C22H24N6O4S2/c29-20(24-25-21(30)15-8-10-17(11-9-15)28(31)32)14-34-22-26-23-19(13-18-7-4-12-33-18)27(22)16-5-2-1-3-6-16/h4,7-12,16H,1-3,5-6,13-14H2,(H,24,29)(H,25,30). The lowest BCUT2D eigenvalue weighted by Crippen LogP contribution is -2.42. The van der Waals surface area contributed by atoms with Crippen LogP contribution in [-0.2, 0) is 11.2 Å². The summed E-state index contributed by atoms with van der Waals surface area (Å²) in [6.07, 6.45) is 6.42. The molecule has 0 atom stereocenters. The highest BCUT2D eigenvalue weighted by Crippen LogP contribution is 2.33. The summed E-state index contributed by atoms with van der Waals surface area (Å²) in [5, 5.41) is 22.3. The van der Waals surface area contributed by atoms with Crippen molar-refractivity contribution in [3.8, 4) is 0 Å². The molecule has 0 unspecified atom stereocenters. The molecule has 0 aliphatic heterocycles. The largest absolute Gasteiger partial charge is 0.303 e. The number of aromatic nitrogens is 3. The molecule has 34 heavy (non-hydrogen) atoms. The van der Waals surface area contributed by atoms with Crippen molar-refractivity contribution in [1.82, 2.24) is 25.6 Å². The van der Waals surface area contributed by atoms with E-state index >= 15 is 0 Å². The molecule has 4 rings (SSSR count). The number of amides is 2. The van der Waals surface area contributed by atoms with E-state index in [0.29, 0.717) is 17.6 Å². The fourth-order valence-corrected chi connectivity index (χ4v) is 5.43. The minimum Gasteiger partial charge on any atom is -0.303 e. The summed E-state index contributed by atoms with van der Waals surface area (Å²) >= 11 is 2.97. The average Bonchev–Trinajstić information content (AvgIpc) is 3.52. The lowest BCUT2D eigenvalue weighted by Gasteiger charge is -2.25. The number of rotatable bonds is 8. The Bertz CT molecular complexity index is 1140. The number of nitro groups is 1. The number of hydrazine groups is 1. The van der Waals surface area contributed by atoms with Gasteiger partial charge in [0.25, 0.3) is 11.6 Å². The summed E-state index contributed by atoms with van der Waals surface area (Å²) in [7, 11) is 0. The van der Waals surface area contributed by atoms with E-state index in [1.54, 1.807) is 11.3 Å². The van der Waals surface area contributed by atoms with Gasteiger partial charge in [-0.05, 0) is 36.4 Å². The first-order valence-electron chi connectivity index (χ1n) is 10.9. The van der Waals surface area contributed by atoms with Crippen molar-refractivity contribution in [3.63, 3.8) is 0 Å². The molecule has 2 heterocycles. The molecule has 2 amide bonds. The highest BCUT2D eigenvalue weighted by atomic mass is 32.2. The van der Waals surface area contributed by atoms with Crippen LogP contribution in [0.2, 0.25) is 0 Å². The molecule has 1 aliphatic rings. The van der Waals surface area contributed by atoms with Crippen LogP contribution >= 0.6 is 23.1 Å². The topological polar surface area (TPSA) is 132 Å². The van der Waals surface area contributed by atoms with Gasteiger partial charge in [-0.1, -0.05) is 37.1 Å². The lowest BCUT2D eigenvalue weighted by molar-refractivity contribution is -0.384. The third-order valence-electron chi connectivity index (χ3n) is 5.58. The molecule has 0 bridgehead atoms. The molecule has 1 aromatic carbocycles. The van der Waals surface area contributed by atoms with Gasteiger partial charge in [0.2, 0.25) is 5.91 Å². The third kappa shape index (κ3) is 6.00. The number of carbonyl (C=O) groups is 2. The van der Waals surface area contributed by atoms with E-state index in [9.17, 15) is 19.7 Å².